The zero-order valence-corrected chi connectivity index (χ0v) is 15.0. The van der Waals surface area contributed by atoms with Crippen LogP contribution in [-0.4, -0.2) is 39.3 Å². The molecule has 0 spiro atoms. The van der Waals surface area contributed by atoms with Crippen LogP contribution < -0.4 is 5.32 Å². The van der Waals surface area contributed by atoms with Crippen molar-refractivity contribution in [2.45, 2.75) is 39.7 Å². The van der Waals surface area contributed by atoms with E-state index in [4.69, 9.17) is 4.74 Å². The molecule has 1 amide bonds. The van der Waals surface area contributed by atoms with E-state index >= 15 is 0 Å². The Bertz CT molecular complexity index is 724. The largest absolute Gasteiger partial charge is 0.381 e. The van der Waals surface area contributed by atoms with Crippen molar-refractivity contribution in [1.29, 1.82) is 0 Å². The van der Waals surface area contributed by atoms with E-state index in [2.05, 4.69) is 25.5 Å². The predicted molar refractivity (Wildman–Crippen MR) is 93.6 cm³/mol. The minimum atomic E-state index is -0.235. The molecule has 2 aromatic rings. The van der Waals surface area contributed by atoms with Gasteiger partial charge in [0.1, 0.15) is 11.5 Å². The fourth-order valence-electron chi connectivity index (χ4n) is 3.08. The highest BCUT2D eigenvalue weighted by Gasteiger charge is 2.27. The molecule has 7 heteroatoms. The molecule has 2 N–H and O–H groups in total. The van der Waals surface area contributed by atoms with Gasteiger partial charge in [-0.05, 0) is 50.3 Å². The molecule has 7 nitrogen and oxygen atoms in total. The molecular formula is C18H25N5O2. The second kappa shape index (κ2) is 7.74. The maximum absolute atomic E-state index is 12.5. The number of pyridine rings is 1. The zero-order chi connectivity index (χ0) is 17.8. The van der Waals surface area contributed by atoms with Crippen LogP contribution in [-0.2, 0) is 9.53 Å². The lowest BCUT2D eigenvalue weighted by Crippen LogP contribution is -2.37. The first-order valence-corrected chi connectivity index (χ1v) is 8.78. The summed E-state index contributed by atoms with van der Waals surface area (Å²) in [6.45, 7) is 7.38. The quantitative estimate of drug-likeness (QED) is 0.870. The third-order valence-corrected chi connectivity index (χ3v) is 4.80. The van der Waals surface area contributed by atoms with Crippen molar-refractivity contribution in [2.75, 3.05) is 13.2 Å². The van der Waals surface area contributed by atoms with Crippen LogP contribution in [0.3, 0.4) is 0 Å². The summed E-state index contributed by atoms with van der Waals surface area (Å²) in [6, 6.07) is 3.63. The van der Waals surface area contributed by atoms with Gasteiger partial charge in [0, 0.05) is 25.3 Å². The summed E-state index contributed by atoms with van der Waals surface area (Å²) >= 11 is 0. The van der Waals surface area contributed by atoms with Gasteiger partial charge in [0.25, 0.3) is 0 Å². The predicted octanol–water partition coefficient (Wildman–Crippen LogP) is 2.42. The van der Waals surface area contributed by atoms with E-state index in [0.29, 0.717) is 17.6 Å². The van der Waals surface area contributed by atoms with Crippen LogP contribution in [0.1, 0.15) is 44.1 Å². The van der Waals surface area contributed by atoms with Crippen molar-refractivity contribution >= 4 is 5.91 Å². The molecule has 1 fully saturated rings. The molecule has 2 aromatic heterocycles. The number of hydrogen-bond acceptors (Lipinski definition) is 5. The first-order chi connectivity index (χ1) is 12.0. The van der Waals surface area contributed by atoms with E-state index in [1.165, 1.54) is 0 Å². The molecule has 0 aromatic carbocycles. The lowest BCUT2D eigenvalue weighted by atomic mass is 9.86. The van der Waals surface area contributed by atoms with Gasteiger partial charge in [0.05, 0.1) is 6.04 Å². The number of carbonyl (C=O) groups excluding carboxylic acids is 1. The van der Waals surface area contributed by atoms with Gasteiger partial charge in [0.15, 0.2) is 5.82 Å². The number of nitrogens with zero attached hydrogens (tertiary/aromatic N) is 3. The van der Waals surface area contributed by atoms with Crippen LogP contribution in [0.25, 0.3) is 11.5 Å². The van der Waals surface area contributed by atoms with E-state index in [1.54, 1.807) is 6.20 Å². The normalized spacial score (nSPS) is 17.9. The average Bonchev–Trinajstić information content (AvgIpc) is 3.12. The molecule has 1 saturated heterocycles. The molecule has 134 valence electrons. The number of aromatic amines is 1. The maximum atomic E-state index is 12.5. The Morgan fingerprint density at radius 2 is 2.12 bits per heavy atom. The van der Waals surface area contributed by atoms with Gasteiger partial charge in [0.2, 0.25) is 5.91 Å². The number of nitrogens with one attached hydrogen (secondary N) is 2. The molecule has 2 atom stereocenters. The third kappa shape index (κ3) is 4.22. The van der Waals surface area contributed by atoms with Crippen molar-refractivity contribution in [3.8, 4) is 11.5 Å². The zero-order valence-electron chi connectivity index (χ0n) is 15.0. The van der Waals surface area contributed by atoms with Gasteiger partial charge in [-0.3, -0.25) is 14.9 Å². The smallest absolute Gasteiger partial charge is 0.223 e. The van der Waals surface area contributed by atoms with E-state index in [0.717, 1.165) is 37.3 Å². The summed E-state index contributed by atoms with van der Waals surface area (Å²) in [4.78, 5) is 21.3. The summed E-state index contributed by atoms with van der Waals surface area (Å²) in [5.41, 5.74) is 1.82. The highest BCUT2D eigenvalue weighted by Crippen LogP contribution is 2.24. The number of amides is 1. The Kier molecular flexibility index (Phi) is 5.43. The first kappa shape index (κ1) is 17.5. The summed E-state index contributed by atoms with van der Waals surface area (Å²) in [5, 5.41) is 10.2. The Morgan fingerprint density at radius 1 is 1.36 bits per heavy atom. The van der Waals surface area contributed by atoms with E-state index < -0.39 is 0 Å². The number of aryl methyl sites for hydroxylation is 1. The Morgan fingerprint density at radius 3 is 2.84 bits per heavy atom. The molecule has 0 saturated carbocycles. The third-order valence-electron chi connectivity index (χ3n) is 4.80. The highest BCUT2D eigenvalue weighted by molar-refractivity contribution is 5.79. The van der Waals surface area contributed by atoms with Crippen molar-refractivity contribution in [2.24, 2.45) is 11.8 Å². The number of ether oxygens (including phenoxy) is 1. The summed E-state index contributed by atoms with van der Waals surface area (Å²) in [6.07, 6.45) is 3.62. The second-order valence-corrected chi connectivity index (χ2v) is 6.73. The SMILES string of the molecule is Cc1ccnc(-c2n[nH]c(C(C)NC(=O)C(C)C3CCOCC3)n2)c1. The minimum absolute atomic E-state index is 0.0350. The highest BCUT2D eigenvalue weighted by atomic mass is 16.5. The number of H-pyrrole nitrogens is 1. The fourth-order valence-corrected chi connectivity index (χ4v) is 3.08. The Balaban J connectivity index is 1.63. The molecule has 1 aliphatic rings. The molecule has 0 bridgehead atoms. The van der Waals surface area contributed by atoms with Gasteiger partial charge < -0.3 is 10.1 Å². The maximum Gasteiger partial charge on any atom is 0.223 e. The second-order valence-electron chi connectivity index (χ2n) is 6.73. The number of rotatable bonds is 5. The Labute approximate surface area is 147 Å². The van der Waals surface area contributed by atoms with Gasteiger partial charge in [-0.2, -0.15) is 5.10 Å². The molecule has 3 heterocycles. The lowest BCUT2D eigenvalue weighted by Gasteiger charge is -2.27. The minimum Gasteiger partial charge on any atom is -0.381 e. The molecule has 0 aliphatic carbocycles. The van der Waals surface area contributed by atoms with Crippen LogP contribution in [0.5, 0.6) is 0 Å². The van der Waals surface area contributed by atoms with Gasteiger partial charge in [-0.15, -0.1) is 0 Å². The van der Waals surface area contributed by atoms with Crippen LogP contribution in [0.4, 0.5) is 0 Å². The Hall–Kier alpha value is -2.28. The van der Waals surface area contributed by atoms with E-state index in [9.17, 15) is 4.79 Å². The van der Waals surface area contributed by atoms with Crippen LogP contribution in [0.15, 0.2) is 18.3 Å². The molecule has 25 heavy (non-hydrogen) atoms. The summed E-state index contributed by atoms with van der Waals surface area (Å²) in [5.74, 6) is 1.56. The number of aromatic nitrogens is 4. The number of hydrogen-bond donors (Lipinski definition) is 2. The molecule has 3 rings (SSSR count). The van der Waals surface area contributed by atoms with E-state index in [1.807, 2.05) is 32.9 Å². The summed E-state index contributed by atoms with van der Waals surface area (Å²) in [7, 11) is 0. The van der Waals surface area contributed by atoms with Crippen LogP contribution in [0.2, 0.25) is 0 Å². The molecule has 2 unspecified atom stereocenters. The fraction of sp³-hybridized carbons (Fsp3) is 0.556. The van der Waals surface area contributed by atoms with Gasteiger partial charge in [-0.1, -0.05) is 6.92 Å². The van der Waals surface area contributed by atoms with Crippen molar-refractivity contribution in [3.05, 3.63) is 29.7 Å². The number of carbonyl (C=O) groups is 1. The van der Waals surface area contributed by atoms with Crippen LogP contribution in [0, 0.1) is 18.8 Å². The van der Waals surface area contributed by atoms with Gasteiger partial charge in [-0.25, -0.2) is 4.98 Å². The standard InChI is InChI=1S/C18H25N5O2/c1-11-4-7-19-15(10-11)17-21-16(22-23-17)13(3)20-18(24)12(2)14-5-8-25-9-6-14/h4,7,10,12-14H,5-6,8-9H2,1-3H3,(H,20,24)(H,21,22,23). The average molecular weight is 343 g/mol. The summed E-state index contributed by atoms with van der Waals surface area (Å²) < 4.78 is 5.37. The molecule has 1 aliphatic heterocycles. The van der Waals surface area contributed by atoms with E-state index in [-0.39, 0.29) is 17.9 Å². The topological polar surface area (TPSA) is 92.8 Å². The molecule has 0 radical (unpaired) electrons. The lowest BCUT2D eigenvalue weighted by molar-refractivity contribution is -0.128. The van der Waals surface area contributed by atoms with Crippen molar-refractivity contribution in [1.82, 2.24) is 25.5 Å². The van der Waals surface area contributed by atoms with Crippen molar-refractivity contribution < 1.29 is 9.53 Å². The van der Waals surface area contributed by atoms with Crippen molar-refractivity contribution in [3.63, 3.8) is 0 Å². The first-order valence-electron chi connectivity index (χ1n) is 8.78. The van der Waals surface area contributed by atoms with Gasteiger partial charge >= 0.3 is 0 Å². The molecular weight excluding hydrogens is 318 g/mol. The monoisotopic (exact) mass is 343 g/mol. The van der Waals surface area contributed by atoms with Crippen LogP contribution >= 0.6 is 0 Å².